The third kappa shape index (κ3) is 2.83. The SMILES string of the molecule is CCC1=CC(C)C=C(C)C(C)=C(C#N)C1. The smallest absolute Gasteiger partial charge is 0.0953 e. The van der Waals surface area contributed by atoms with E-state index in [1.165, 1.54) is 11.1 Å². The van der Waals surface area contributed by atoms with Crippen LogP contribution in [-0.4, -0.2) is 0 Å². The predicted octanol–water partition coefficient (Wildman–Crippen LogP) is 4.15. The predicted molar refractivity (Wildman–Crippen MR) is 64.2 cm³/mol. The van der Waals surface area contributed by atoms with E-state index in [1.807, 2.05) is 0 Å². The summed E-state index contributed by atoms with van der Waals surface area (Å²) in [5, 5.41) is 9.11. The molecule has 80 valence electrons. The lowest BCUT2D eigenvalue weighted by Gasteiger charge is -2.15. The van der Waals surface area contributed by atoms with Crippen LogP contribution in [0.1, 0.15) is 40.5 Å². The van der Waals surface area contributed by atoms with Crippen LogP contribution in [0.2, 0.25) is 0 Å². The van der Waals surface area contributed by atoms with E-state index in [0.717, 1.165) is 24.0 Å². The quantitative estimate of drug-likeness (QED) is 0.585. The molecule has 1 atom stereocenters. The summed E-state index contributed by atoms with van der Waals surface area (Å²) in [5.74, 6) is 0.482. The number of nitrogens with zero attached hydrogens (tertiary/aromatic N) is 1. The zero-order chi connectivity index (χ0) is 11.4. The van der Waals surface area contributed by atoms with Gasteiger partial charge >= 0.3 is 0 Å². The Hall–Kier alpha value is -1.29. The summed E-state index contributed by atoms with van der Waals surface area (Å²) in [6.45, 7) is 8.49. The summed E-state index contributed by atoms with van der Waals surface area (Å²) in [6.07, 6.45) is 6.39. The molecule has 15 heavy (non-hydrogen) atoms. The highest BCUT2D eigenvalue weighted by Crippen LogP contribution is 2.26. The molecule has 0 aliphatic heterocycles. The molecule has 0 aromatic rings. The van der Waals surface area contributed by atoms with Crippen molar-refractivity contribution in [2.75, 3.05) is 0 Å². The van der Waals surface area contributed by atoms with Crippen molar-refractivity contribution in [1.29, 1.82) is 5.26 Å². The Morgan fingerprint density at radius 3 is 2.60 bits per heavy atom. The summed E-state index contributed by atoms with van der Waals surface area (Å²) in [5.41, 5.74) is 4.69. The maximum absolute atomic E-state index is 9.11. The van der Waals surface area contributed by atoms with Gasteiger partial charge in [0, 0.05) is 12.0 Å². The molecule has 0 aromatic heterocycles. The number of nitriles is 1. The third-order valence-electron chi connectivity index (χ3n) is 3.05. The van der Waals surface area contributed by atoms with Crippen molar-refractivity contribution in [3.05, 3.63) is 34.4 Å². The van der Waals surface area contributed by atoms with Gasteiger partial charge in [0.2, 0.25) is 0 Å². The van der Waals surface area contributed by atoms with Crippen molar-refractivity contribution in [2.24, 2.45) is 5.92 Å². The van der Waals surface area contributed by atoms with Crippen LogP contribution in [0.25, 0.3) is 0 Å². The van der Waals surface area contributed by atoms with Crippen molar-refractivity contribution < 1.29 is 0 Å². The summed E-state index contributed by atoms with van der Waals surface area (Å²) in [6, 6.07) is 2.33. The molecule has 1 aliphatic carbocycles. The molecule has 0 saturated carbocycles. The maximum Gasteiger partial charge on any atom is 0.0953 e. The molecule has 1 rings (SSSR count). The van der Waals surface area contributed by atoms with Crippen LogP contribution in [-0.2, 0) is 0 Å². The fourth-order valence-corrected chi connectivity index (χ4v) is 1.96. The highest BCUT2D eigenvalue weighted by atomic mass is 14.3. The molecule has 0 radical (unpaired) electrons. The zero-order valence-corrected chi connectivity index (χ0v) is 10.1. The molecule has 0 fully saturated rings. The Kier molecular flexibility index (Phi) is 3.91. The zero-order valence-electron chi connectivity index (χ0n) is 10.1. The molecule has 1 nitrogen and oxygen atoms in total. The van der Waals surface area contributed by atoms with Gasteiger partial charge < -0.3 is 0 Å². The van der Waals surface area contributed by atoms with Gasteiger partial charge in [-0.3, -0.25) is 0 Å². The third-order valence-corrected chi connectivity index (χ3v) is 3.05. The average molecular weight is 201 g/mol. The van der Waals surface area contributed by atoms with E-state index in [4.69, 9.17) is 5.26 Å². The number of hydrogen-bond acceptors (Lipinski definition) is 1. The van der Waals surface area contributed by atoms with Crippen LogP contribution in [0.5, 0.6) is 0 Å². The first kappa shape index (κ1) is 11.8. The monoisotopic (exact) mass is 201 g/mol. The fourth-order valence-electron chi connectivity index (χ4n) is 1.96. The second-order valence-electron chi connectivity index (χ2n) is 4.28. The number of hydrogen-bond donors (Lipinski definition) is 0. The standard InChI is InChI=1S/C14H19N/c1-5-13-7-10(2)6-11(3)12(4)14(8-13)9-15/h6-7,10H,5,8H2,1-4H3. The van der Waals surface area contributed by atoms with Crippen LogP contribution in [0.15, 0.2) is 34.4 Å². The van der Waals surface area contributed by atoms with Crippen molar-refractivity contribution in [2.45, 2.75) is 40.5 Å². The van der Waals surface area contributed by atoms with E-state index in [-0.39, 0.29) is 0 Å². The molecule has 0 bridgehead atoms. The molecule has 1 aliphatic rings. The second-order valence-corrected chi connectivity index (χ2v) is 4.28. The van der Waals surface area contributed by atoms with Crippen LogP contribution < -0.4 is 0 Å². The largest absolute Gasteiger partial charge is 0.193 e. The van der Waals surface area contributed by atoms with Crippen LogP contribution >= 0.6 is 0 Å². The van der Waals surface area contributed by atoms with Gasteiger partial charge in [-0.05, 0) is 31.8 Å². The molecule has 1 unspecified atom stereocenters. The van der Waals surface area contributed by atoms with Crippen molar-refractivity contribution in [3.63, 3.8) is 0 Å². The first-order valence-corrected chi connectivity index (χ1v) is 5.56. The van der Waals surface area contributed by atoms with E-state index < -0.39 is 0 Å². The lowest BCUT2D eigenvalue weighted by atomic mass is 9.90. The Morgan fingerprint density at radius 2 is 2.07 bits per heavy atom. The van der Waals surface area contributed by atoms with Gasteiger partial charge in [0.1, 0.15) is 0 Å². The lowest BCUT2D eigenvalue weighted by molar-refractivity contribution is 0.865. The van der Waals surface area contributed by atoms with Crippen LogP contribution in [0.3, 0.4) is 0 Å². The van der Waals surface area contributed by atoms with E-state index in [2.05, 4.69) is 45.9 Å². The highest BCUT2D eigenvalue weighted by molar-refractivity contribution is 5.43. The van der Waals surface area contributed by atoms with E-state index in [1.54, 1.807) is 0 Å². The van der Waals surface area contributed by atoms with Gasteiger partial charge in [-0.15, -0.1) is 0 Å². The first-order valence-electron chi connectivity index (χ1n) is 5.56. The maximum atomic E-state index is 9.11. The molecule has 0 spiro atoms. The van der Waals surface area contributed by atoms with E-state index in [9.17, 15) is 0 Å². The molecule has 0 heterocycles. The summed E-state index contributed by atoms with van der Waals surface area (Å²) < 4.78 is 0. The molecule has 0 saturated heterocycles. The molecule has 0 N–H and O–H groups in total. The lowest BCUT2D eigenvalue weighted by Crippen LogP contribution is -1.99. The molecule has 1 heteroatoms. The van der Waals surface area contributed by atoms with Gasteiger partial charge in [0.05, 0.1) is 6.07 Å². The minimum atomic E-state index is 0.482. The summed E-state index contributed by atoms with van der Waals surface area (Å²) in [7, 11) is 0. The van der Waals surface area contributed by atoms with Crippen molar-refractivity contribution in [3.8, 4) is 6.07 Å². The van der Waals surface area contributed by atoms with Crippen molar-refractivity contribution >= 4 is 0 Å². The number of allylic oxidation sites excluding steroid dienone is 6. The summed E-state index contributed by atoms with van der Waals surface area (Å²) >= 11 is 0. The van der Waals surface area contributed by atoms with Crippen LogP contribution in [0.4, 0.5) is 0 Å². The second kappa shape index (κ2) is 4.98. The first-order chi connectivity index (χ1) is 7.08. The molecule has 0 amide bonds. The van der Waals surface area contributed by atoms with Gasteiger partial charge in [0.25, 0.3) is 0 Å². The topological polar surface area (TPSA) is 23.8 Å². The van der Waals surface area contributed by atoms with Gasteiger partial charge in [-0.25, -0.2) is 0 Å². The number of rotatable bonds is 1. The van der Waals surface area contributed by atoms with Gasteiger partial charge in [0.15, 0.2) is 0 Å². The van der Waals surface area contributed by atoms with E-state index in [0.29, 0.717) is 5.92 Å². The Morgan fingerprint density at radius 1 is 1.40 bits per heavy atom. The van der Waals surface area contributed by atoms with Crippen LogP contribution in [0, 0.1) is 17.2 Å². The minimum Gasteiger partial charge on any atom is -0.193 e. The minimum absolute atomic E-state index is 0.482. The average Bonchev–Trinajstić information content (AvgIpc) is 2.21. The highest BCUT2D eigenvalue weighted by Gasteiger charge is 2.10. The van der Waals surface area contributed by atoms with E-state index >= 15 is 0 Å². The molecular weight excluding hydrogens is 182 g/mol. The van der Waals surface area contributed by atoms with Gasteiger partial charge in [-0.2, -0.15) is 5.26 Å². The van der Waals surface area contributed by atoms with Gasteiger partial charge in [-0.1, -0.05) is 37.1 Å². The fraction of sp³-hybridized carbons (Fsp3) is 0.500. The normalized spacial score (nSPS) is 22.5. The Labute approximate surface area is 92.8 Å². The molecular formula is C14H19N. The molecule has 0 aromatic carbocycles. The summed E-state index contributed by atoms with van der Waals surface area (Å²) in [4.78, 5) is 0. The van der Waals surface area contributed by atoms with Crippen molar-refractivity contribution in [1.82, 2.24) is 0 Å². The Balaban J connectivity index is 3.20. The Bertz CT molecular complexity index is 375.